The van der Waals surface area contributed by atoms with E-state index in [2.05, 4.69) is 30.9 Å². The van der Waals surface area contributed by atoms with E-state index >= 15 is 0 Å². The maximum Gasteiger partial charge on any atom is 0.387 e. The van der Waals surface area contributed by atoms with Crippen LogP contribution in [0.1, 0.15) is 12.0 Å². The number of aliphatic imine (C=N–C) groups is 1. The van der Waals surface area contributed by atoms with Crippen molar-refractivity contribution in [3.05, 3.63) is 59.1 Å². The first-order valence-corrected chi connectivity index (χ1v) is 9.05. The highest BCUT2D eigenvalue weighted by Crippen LogP contribution is 2.25. The van der Waals surface area contributed by atoms with E-state index in [1.807, 2.05) is 0 Å². The summed E-state index contributed by atoms with van der Waals surface area (Å²) in [7, 11) is 0. The number of hydrogen-bond donors (Lipinski definition) is 3. The average Bonchev–Trinajstić information content (AvgIpc) is 3.03. The molecule has 11 heteroatoms. The predicted molar refractivity (Wildman–Crippen MR) is 108 cm³/mol. The summed E-state index contributed by atoms with van der Waals surface area (Å²) in [5.74, 6) is -1.18. The Labute approximate surface area is 175 Å². The normalized spacial score (nSPS) is 15.8. The van der Waals surface area contributed by atoms with Crippen molar-refractivity contribution >= 4 is 41.3 Å². The van der Waals surface area contributed by atoms with Gasteiger partial charge in [0.2, 0.25) is 11.9 Å². The molecule has 2 aromatic carbocycles. The van der Waals surface area contributed by atoms with Gasteiger partial charge in [0.25, 0.3) is 5.91 Å². The van der Waals surface area contributed by atoms with E-state index < -0.39 is 24.5 Å². The summed E-state index contributed by atoms with van der Waals surface area (Å²) >= 11 is 5.81. The number of ether oxygens (including phenoxy) is 1. The number of carbonyl (C=O) groups is 2. The number of guanidine groups is 1. The molecule has 0 spiro atoms. The summed E-state index contributed by atoms with van der Waals surface area (Å²) in [6, 6.07) is 11.7. The molecular weight excluding hydrogens is 420 g/mol. The lowest BCUT2D eigenvalue weighted by Crippen LogP contribution is -2.35. The van der Waals surface area contributed by atoms with Crippen molar-refractivity contribution in [1.82, 2.24) is 10.7 Å². The number of anilines is 1. The number of nitrogens with zero attached hydrogens (tertiary/aromatic N) is 2. The highest BCUT2D eigenvalue weighted by Gasteiger charge is 2.28. The maximum absolute atomic E-state index is 12.5. The van der Waals surface area contributed by atoms with Crippen LogP contribution in [0.5, 0.6) is 5.75 Å². The van der Waals surface area contributed by atoms with Gasteiger partial charge < -0.3 is 10.1 Å². The largest absolute Gasteiger partial charge is 0.433 e. The molecule has 8 nitrogen and oxygen atoms in total. The molecule has 0 aromatic heterocycles. The number of rotatable bonds is 7. The molecule has 0 bridgehead atoms. The van der Waals surface area contributed by atoms with Crippen molar-refractivity contribution in [3.63, 3.8) is 0 Å². The average molecular weight is 436 g/mol. The molecule has 3 rings (SSSR count). The lowest BCUT2D eigenvalue weighted by molar-refractivity contribution is -0.123. The molecule has 2 amide bonds. The Hall–Kier alpha value is -3.53. The van der Waals surface area contributed by atoms with Crippen molar-refractivity contribution in [2.75, 3.05) is 5.32 Å². The van der Waals surface area contributed by atoms with Crippen LogP contribution in [-0.4, -0.2) is 36.6 Å². The van der Waals surface area contributed by atoms with Gasteiger partial charge in [-0.1, -0.05) is 35.9 Å². The highest BCUT2D eigenvalue weighted by molar-refractivity contribution is 6.30. The van der Waals surface area contributed by atoms with Crippen LogP contribution < -0.4 is 20.8 Å². The lowest BCUT2D eigenvalue weighted by Gasteiger charge is -2.12. The summed E-state index contributed by atoms with van der Waals surface area (Å²) in [4.78, 5) is 28.3. The molecule has 3 N–H and O–H groups in total. The quantitative estimate of drug-likeness (QED) is 0.459. The fourth-order valence-corrected chi connectivity index (χ4v) is 2.63. The minimum Gasteiger partial charge on any atom is -0.433 e. The van der Waals surface area contributed by atoms with Crippen molar-refractivity contribution < 1.29 is 23.1 Å². The van der Waals surface area contributed by atoms with Crippen molar-refractivity contribution in [2.24, 2.45) is 10.1 Å². The Kier molecular flexibility index (Phi) is 6.91. The van der Waals surface area contributed by atoms with E-state index in [1.54, 1.807) is 30.3 Å². The van der Waals surface area contributed by atoms with E-state index in [0.717, 1.165) is 5.56 Å². The molecule has 2 aromatic rings. The van der Waals surface area contributed by atoms with Crippen LogP contribution >= 0.6 is 11.6 Å². The third-order valence-corrected chi connectivity index (χ3v) is 4.09. The smallest absolute Gasteiger partial charge is 0.387 e. The molecule has 1 aliphatic heterocycles. The Morgan fingerprint density at radius 2 is 2.00 bits per heavy atom. The molecule has 0 radical (unpaired) electrons. The summed E-state index contributed by atoms with van der Waals surface area (Å²) < 4.78 is 29.3. The number of amides is 2. The molecule has 0 unspecified atom stereocenters. The lowest BCUT2D eigenvalue weighted by atomic mass is 10.2. The monoisotopic (exact) mass is 435 g/mol. The third kappa shape index (κ3) is 5.98. The Balaban J connectivity index is 1.56. The number of alkyl halides is 2. The Bertz CT molecular complexity index is 982. The Morgan fingerprint density at radius 3 is 2.73 bits per heavy atom. The Morgan fingerprint density at radius 1 is 1.27 bits per heavy atom. The van der Waals surface area contributed by atoms with Crippen LogP contribution in [0.4, 0.5) is 14.5 Å². The highest BCUT2D eigenvalue weighted by atomic mass is 35.5. The molecule has 0 aliphatic carbocycles. The minimum atomic E-state index is -3.03. The van der Waals surface area contributed by atoms with E-state index in [9.17, 15) is 18.4 Å². The van der Waals surface area contributed by atoms with Crippen LogP contribution in [-0.2, 0) is 9.59 Å². The fraction of sp³-hybridized carbons (Fsp3) is 0.158. The van der Waals surface area contributed by atoms with Gasteiger partial charge in [-0.3, -0.25) is 14.9 Å². The van der Waals surface area contributed by atoms with Crippen LogP contribution in [0.25, 0.3) is 0 Å². The third-order valence-electron chi connectivity index (χ3n) is 3.84. The standard InChI is InChI=1S/C19H16ClF2N5O3/c20-12-7-5-11(6-8-12)10-23-27-19-25-14(17(29)26-19)9-16(28)24-13-3-1-2-4-15(13)30-18(21)22/h1-8,10,14,18H,9H2,(H,24,28)(H2,25,26,27,29)/b23-10-/t14-/m0/s1. The number of halogens is 3. The zero-order valence-corrected chi connectivity index (χ0v) is 16.1. The van der Waals surface area contributed by atoms with Gasteiger partial charge in [0.1, 0.15) is 11.8 Å². The van der Waals surface area contributed by atoms with Gasteiger partial charge in [0.15, 0.2) is 0 Å². The van der Waals surface area contributed by atoms with Crippen LogP contribution in [0, 0.1) is 0 Å². The second-order valence-corrected chi connectivity index (χ2v) is 6.47. The second-order valence-electron chi connectivity index (χ2n) is 6.03. The first kappa shape index (κ1) is 21.2. The molecule has 1 atom stereocenters. The number of benzene rings is 2. The molecule has 1 heterocycles. The zero-order valence-electron chi connectivity index (χ0n) is 15.3. The minimum absolute atomic E-state index is 0.0658. The van der Waals surface area contributed by atoms with E-state index in [1.165, 1.54) is 24.4 Å². The molecule has 30 heavy (non-hydrogen) atoms. The van der Waals surface area contributed by atoms with Gasteiger partial charge >= 0.3 is 6.61 Å². The predicted octanol–water partition coefficient (Wildman–Crippen LogP) is 2.75. The first-order chi connectivity index (χ1) is 14.4. The van der Waals surface area contributed by atoms with Crippen LogP contribution in [0.3, 0.4) is 0 Å². The van der Waals surface area contributed by atoms with E-state index in [4.69, 9.17) is 11.6 Å². The number of carbonyl (C=O) groups excluding carboxylic acids is 2. The SMILES string of the molecule is O=C(C[C@@H]1N=C(N/N=C\c2ccc(Cl)cc2)NC1=O)Nc1ccccc1OC(F)F. The molecule has 0 saturated heterocycles. The summed E-state index contributed by atoms with van der Waals surface area (Å²) in [5, 5.41) is 9.46. The van der Waals surface area contributed by atoms with E-state index in [0.29, 0.717) is 5.02 Å². The fourth-order valence-electron chi connectivity index (χ4n) is 2.50. The number of hydrazone groups is 1. The van der Waals surface area contributed by atoms with Gasteiger partial charge in [-0.25, -0.2) is 10.4 Å². The van der Waals surface area contributed by atoms with E-state index in [-0.39, 0.29) is 23.8 Å². The van der Waals surface area contributed by atoms with Crippen molar-refractivity contribution in [2.45, 2.75) is 19.1 Å². The van der Waals surface area contributed by atoms with Crippen molar-refractivity contribution in [3.8, 4) is 5.75 Å². The van der Waals surface area contributed by atoms with Gasteiger partial charge in [0, 0.05) is 5.02 Å². The molecule has 1 aliphatic rings. The molecular formula is C19H16ClF2N5O3. The molecule has 156 valence electrons. The summed E-state index contributed by atoms with van der Waals surface area (Å²) in [6.07, 6.45) is 1.21. The number of nitrogens with one attached hydrogen (secondary N) is 3. The zero-order chi connectivity index (χ0) is 21.5. The summed E-state index contributed by atoms with van der Waals surface area (Å²) in [6.45, 7) is -3.03. The molecule has 0 saturated carbocycles. The topological polar surface area (TPSA) is 104 Å². The van der Waals surface area contributed by atoms with Gasteiger partial charge in [-0.05, 0) is 29.8 Å². The molecule has 0 fully saturated rings. The van der Waals surface area contributed by atoms with Gasteiger partial charge in [-0.2, -0.15) is 13.9 Å². The van der Waals surface area contributed by atoms with Gasteiger partial charge in [0.05, 0.1) is 18.3 Å². The maximum atomic E-state index is 12.5. The van der Waals surface area contributed by atoms with Crippen LogP contribution in [0.15, 0.2) is 58.6 Å². The first-order valence-electron chi connectivity index (χ1n) is 8.67. The van der Waals surface area contributed by atoms with Crippen LogP contribution in [0.2, 0.25) is 5.02 Å². The van der Waals surface area contributed by atoms with Gasteiger partial charge in [-0.15, -0.1) is 0 Å². The van der Waals surface area contributed by atoms with Crippen molar-refractivity contribution in [1.29, 1.82) is 0 Å². The second kappa shape index (κ2) is 9.79. The number of hydrogen-bond acceptors (Lipinski definition) is 6. The summed E-state index contributed by atoms with van der Waals surface area (Å²) in [5.41, 5.74) is 3.42. The number of para-hydroxylation sites is 2.